The molecule has 2 aromatic carbocycles. The number of carbonyl (C=O) groups is 1. The van der Waals surface area contributed by atoms with E-state index in [1.54, 1.807) is 19.1 Å². The molecule has 1 atom stereocenters. The molecule has 1 heterocycles. The van der Waals surface area contributed by atoms with Crippen LogP contribution in [0.4, 0.5) is 0 Å². The smallest absolute Gasteiger partial charge is 0.280 e. The van der Waals surface area contributed by atoms with Crippen LogP contribution in [0.3, 0.4) is 0 Å². The molecular formula is C20H17BrN2O3. The summed E-state index contributed by atoms with van der Waals surface area (Å²) in [7, 11) is 0. The zero-order valence-electron chi connectivity index (χ0n) is 14.1. The van der Waals surface area contributed by atoms with Gasteiger partial charge < -0.3 is 9.15 Å². The highest BCUT2D eigenvalue weighted by Gasteiger charge is 2.14. The molecule has 0 aliphatic heterocycles. The molecule has 0 bridgehead atoms. The monoisotopic (exact) mass is 412 g/mol. The lowest BCUT2D eigenvalue weighted by molar-refractivity contribution is -0.127. The molecule has 1 N–H and O–H groups in total. The van der Waals surface area contributed by atoms with Crippen molar-refractivity contribution >= 4 is 28.1 Å². The molecule has 26 heavy (non-hydrogen) atoms. The molecule has 1 aromatic heterocycles. The van der Waals surface area contributed by atoms with Gasteiger partial charge in [0.15, 0.2) is 10.8 Å². The molecule has 0 spiro atoms. The van der Waals surface area contributed by atoms with Gasteiger partial charge in [0.1, 0.15) is 11.5 Å². The number of ether oxygens (including phenoxy) is 1. The molecule has 0 fully saturated rings. The summed E-state index contributed by atoms with van der Waals surface area (Å²) in [4.78, 5) is 12.0. The molecule has 0 aliphatic rings. The molecule has 5 nitrogen and oxygen atoms in total. The Kier molecular flexibility index (Phi) is 5.86. The minimum atomic E-state index is -0.682. The number of amides is 1. The van der Waals surface area contributed by atoms with E-state index in [9.17, 15) is 4.79 Å². The van der Waals surface area contributed by atoms with Gasteiger partial charge in [-0.1, -0.05) is 42.5 Å². The number of hydrogen-bond acceptors (Lipinski definition) is 4. The molecule has 1 amide bonds. The second-order valence-electron chi connectivity index (χ2n) is 5.53. The number of furan rings is 1. The minimum Gasteiger partial charge on any atom is -0.481 e. The SMILES string of the molecule is CC(Oc1ccc(-c2ccccc2)cc1)C(=O)NN=Cc1ccc(Br)o1. The Morgan fingerprint density at radius 3 is 2.42 bits per heavy atom. The Labute approximate surface area is 159 Å². The molecule has 3 rings (SSSR count). The lowest BCUT2D eigenvalue weighted by Gasteiger charge is -2.13. The summed E-state index contributed by atoms with van der Waals surface area (Å²) in [5.41, 5.74) is 4.64. The van der Waals surface area contributed by atoms with Crippen molar-refractivity contribution in [2.24, 2.45) is 5.10 Å². The topological polar surface area (TPSA) is 63.8 Å². The van der Waals surface area contributed by atoms with Crippen LogP contribution in [0.2, 0.25) is 0 Å². The van der Waals surface area contributed by atoms with Crippen molar-refractivity contribution in [2.75, 3.05) is 0 Å². The number of carbonyl (C=O) groups excluding carboxylic acids is 1. The van der Waals surface area contributed by atoms with Crippen molar-refractivity contribution in [3.8, 4) is 16.9 Å². The third-order valence-corrected chi connectivity index (χ3v) is 4.03. The first kappa shape index (κ1) is 17.9. The van der Waals surface area contributed by atoms with Crippen LogP contribution in [0.1, 0.15) is 12.7 Å². The molecule has 0 saturated carbocycles. The van der Waals surface area contributed by atoms with Crippen molar-refractivity contribution in [1.82, 2.24) is 5.43 Å². The molecule has 6 heteroatoms. The number of nitrogens with one attached hydrogen (secondary N) is 1. The average Bonchev–Trinajstić information content (AvgIpc) is 3.08. The van der Waals surface area contributed by atoms with E-state index < -0.39 is 6.10 Å². The van der Waals surface area contributed by atoms with Crippen molar-refractivity contribution in [1.29, 1.82) is 0 Å². The predicted molar refractivity (Wildman–Crippen MR) is 104 cm³/mol. The average molecular weight is 413 g/mol. The van der Waals surface area contributed by atoms with Gasteiger partial charge >= 0.3 is 0 Å². The first-order valence-corrected chi connectivity index (χ1v) is 8.81. The van der Waals surface area contributed by atoms with Crippen LogP contribution in [-0.4, -0.2) is 18.2 Å². The fourth-order valence-corrected chi connectivity index (χ4v) is 2.58. The molecule has 1 unspecified atom stereocenters. The summed E-state index contributed by atoms with van der Waals surface area (Å²) in [5.74, 6) is 0.799. The van der Waals surface area contributed by atoms with Crippen molar-refractivity contribution in [2.45, 2.75) is 13.0 Å². The summed E-state index contributed by atoms with van der Waals surface area (Å²) < 4.78 is 11.5. The van der Waals surface area contributed by atoms with Gasteiger partial charge in [0.2, 0.25) is 0 Å². The Balaban J connectivity index is 1.54. The van der Waals surface area contributed by atoms with Gasteiger partial charge in [-0.25, -0.2) is 5.43 Å². The Morgan fingerprint density at radius 2 is 1.77 bits per heavy atom. The van der Waals surface area contributed by atoms with Crippen molar-refractivity contribution in [3.63, 3.8) is 0 Å². The van der Waals surface area contributed by atoms with Gasteiger partial charge in [-0.15, -0.1) is 0 Å². The van der Waals surface area contributed by atoms with Crippen LogP contribution < -0.4 is 10.2 Å². The zero-order chi connectivity index (χ0) is 18.4. The van der Waals surface area contributed by atoms with Gasteiger partial charge in [-0.05, 0) is 58.2 Å². The van der Waals surface area contributed by atoms with E-state index in [4.69, 9.17) is 9.15 Å². The summed E-state index contributed by atoms with van der Waals surface area (Å²) in [6.07, 6.45) is 0.738. The fraction of sp³-hybridized carbons (Fsp3) is 0.100. The molecule has 0 radical (unpaired) electrons. The number of nitrogens with zero attached hydrogens (tertiary/aromatic N) is 1. The van der Waals surface area contributed by atoms with Gasteiger partial charge in [0.05, 0.1) is 6.21 Å². The van der Waals surface area contributed by atoms with E-state index in [0.29, 0.717) is 16.2 Å². The summed E-state index contributed by atoms with van der Waals surface area (Å²) >= 11 is 3.20. The quantitative estimate of drug-likeness (QED) is 0.474. The Hall–Kier alpha value is -2.86. The molecular weight excluding hydrogens is 396 g/mol. The van der Waals surface area contributed by atoms with E-state index in [0.717, 1.165) is 11.1 Å². The van der Waals surface area contributed by atoms with Crippen LogP contribution in [-0.2, 0) is 4.79 Å². The number of rotatable bonds is 6. The van der Waals surface area contributed by atoms with Crippen LogP contribution in [0, 0.1) is 0 Å². The first-order valence-electron chi connectivity index (χ1n) is 8.02. The first-order chi connectivity index (χ1) is 12.6. The number of hydrogen-bond donors (Lipinski definition) is 1. The summed E-state index contributed by atoms with van der Waals surface area (Å²) in [6.45, 7) is 1.67. The van der Waals surface area contributed by atoms with Gasteiger partial charge in [-0.3, -0.25) is 4.79 Å². The second kappa shape index (κ2) is 8.49. The predicted octanol–water partition coefficient (Wildman–Crippen LogP) is 4.63. The lowest BCUT2D eigenvalue weighted by atomic mass is 10.1. The number of hydrazone groups is 1. The minimum absolute atomic E-state index is 0.348. The largest absolute Gasteiger partial charge is 0.481 e. The fourth-order valence-electron chi connectivity index (χ4n) is 2.26. The Bertz CT molecular complexity index is 889. The highest BCUT2D eigenvalue weighted by atomic mass is 79.9. The van der Waals surface area contributed by atoms with Crippen LogP contribution in [0.15, 0.2) is 80.9 Å². The Morgan fingerprint density at radius 1 is 1.08 bits per heavy atom. The van der Waals surface area contributed by atoms with E-state index in [1.807, 2.05) is 54.6 Å². The van der Waals surface area contributed by atoms with E-state index in [-0.39, 0.29) is 5.91 Å². The normalized spacial score (nSPS) is 12.1. The maximum atomic E-state index is 12.0. The van der Waals surface area contributed by atoms with Gasteiger partial charge in [-0.2, -0.15) is 5.10 Å². The molecule has 0 aliphatic carbocycles. The maximum Gasteiger partial charge on any atom is 0.280 e. The van der Waals surface area contributed by atoms with Gasteiger partial charge in [0.25, 0.3) is 5.91 Å². The van der Waals surface area contributed by atoms with Crippen LogP contribution in [0.25, 0.3) is 11.1 Å². The highest BCUT2D eigenvalue weighted by Crippen LogP contribution is 2.22. The number of benzene rings is 2. The van der Waals surface area contributed by atoms with Crippen LogP contribution >= 0.6 is 15.9 Å². The van der Waals surface area contributed by atoms with Crippen LogP contribution in [0.5, 0.6) is 5.75 Å². The van der Waals surface area contributed by atoms with E-state index >= 15 is 0 Å². The highest BCUT2D eigenvalue weighted by molar-refractivity contribution is 9.10. The van der Waals surface area contributed by atoms with Gasteiger partial charge in [0, 0.05) is 0 Å². The maximum absolute atomic E-state index is 12.0. The van der Waals surface area contributed by atoms with E-state index in [1.165, 1.54) is 6.21 Å². The standard InChI is InChI=1S/C20H17BrN2O3/c1-14(20(24)23-22-13-18-11-12-19(21)26-18)25-17-9-7-16(8-10-17)15-5-3-2-4-6-15/h2-14H,1H3,(H,23,24). The third kappa shape index (κ3) is 4.83. The summed E-state index contributed by atoms with van der Waals surface area (Å²) in [6, 6.07) is 21.1. The lowest BCUT2D eigenvalue weighted by Crippen LogP contribution is -2.33. The summed E-state index contributed by atoms with van der Waals surface area (Å²) in [5, 5.41) is 3.85. The third-order valence-electron chi connectivity index (χ3n) is 3.60. The molecule has 132 valence electrons. The van der Waals surface area contributed by atoms with Crippen molar-refractivity contribution in [3.05, 3.63) is 77.2 Å². The number of halogens is 1. The molecule has 3 aromatic rings. The van der Waals surface area contributed by atoms with Crippen molar-refractivity contribution < 1.29 is 13.9 Å². The second-order valence-corrected chi connectivity index (χ2v) is 6.31. The molecule has 0 saturated heterocycles. The van der Waals surface area contributed by atoms with E-state index in [2.05, 4.69) is 26.5 Å². The zero-order valence-corrected chi connectivity index (χ0v) is 15.6.